The highest BCUT2D eigenvalue weighted by atomic mass is 19.1. The summed E-state index contributed by atoms with van der Waals surface area (Å²) in [5.41, 5.74) is 3.47. The molecule has 27 heavy (non-hydrogen) atoms. The van der Waals surface area contributed by atoms with Gasteiger partial charge < -0.3 is 14.8 Å². The van der Waals surface area contributed by atoms with Crippen molar-refractivity contribution in [3.05, 3.63) is 59.4 Å². The number of hydrazone groups is 1. The smallest absolute Gasteiger partial charge is 0.259 e. The van der Waals surface area contributed by atoms with E-state index in [1.807, 2.05) is 0 Å². The molecule has 0 unspecified atom stereocenters. The molecule has 2 amide bonds. The standard InChI is InChI=1S/C19H20FN3O4/c1-12(13-8-9-16(26-2)17(10-13)27-3)22-23-18(24)11-21-19(25)14-6-4-5-7-15(14)20/h4-10H,11H2,1-3H3,(H,21,25)(H,23,24). The summed E-state index contributed by atoms with van der Waals surface area (Å²) in [6.07, 6.45) is 0. The summed E-state index contributed by atoms with van der Waals surface area (Å²) in [5, 5.41) is 6.33. The van der Waals surface area contributed by atoms with E-state index in [-0.39, 0.29) is 12.1 Å². The Bertz CT molecular complexity index is 868. The van der Waals surface area contributed by atoms with E-state index in [1.165, 1.54) is 38.5 Å². The number of halogens is 1. The van der Waals surface area contributed by atoms with E-state index in [4.69, 9.17) is 9.47 Å². The van der Waals surface area contributed by atoms with Crippen LogP contribution in [0.25, 0.3) is 0 Å². The first kappa shape index (κ1) is 19.9. The van der Waals surface area contributed by atoms with Crippen LogP contribution < -0.4 is 20.2 Å². The van der Waals surface area contributed by atoms with Crippen molar-refractivity contribution < 1.29 is 23.5 Å². The van der Waals surface area contributed by atoms with E-state index in [0.29, 0.717) is 17.2 Å². The second-order valence-electron chi connectivity index (χ2n) is 5.46. The number of benzene rings is 2. The number of amides is 2. The summed E-state index contributed by atoms with van der Waals surface area (Å²) < 4.78 is 23.9. The maximum Gasteiger partial charge on any atom is 0.259 e. The van der Waals surface area contributed by atoms with E-state index < -0.39 is 17.6 Å². The van der Waals surface area contributed by atoms with Gasteiger partial charge in [-0.2, -0.15) is 5.10 Å². The molecule has 2 rings (SSSR count). The Labute approximate surface area is 156 Å². The highest BCUT2D eigenvalue weighted by molar-refractivity contribution is 6.00. The minimum absolute atomic E-state index is 0.129. The van der Waals surface area contributed by atoms with Crippen LogP contribution >= 0.6 is 0 Å². The monoisotopic (exact) mass is 373 g/mol. The average molecular weight is 373 g/mol. The van der Waals surface area contributed by atoms with Crippen molar-refractivity contribution in [3.63, 3.8) is 0 Å². The molecule has 2 aromatic rings. The Morgan fingerprint density at radius 3 is 2.44 bits per heavy atom. The molecule has 0 aliphatic heterocycles. The van der Waals surface area contributed by atoms with Gasteiger partial charge >= 0.3 is 0 Å². The molecule has 7 nitrogen and oxygen atoms in total. The van der Waals surface area contributed by atoms with Crippen LogP contribution in [0.1, 0.15) is 22.8 Å². The molecule has 0 atom stereocenters. The molecule has 0 aliphatic rings. The van der Waals surface area contributed by atoms with E-state index in [0.717, 1.165) is 5.56 Å². The van der Waals surface area contributed by atoms with Crippen LogP contribution in [-0.4, -0.2) is 38.3 Å². The first-order valence-corrected chi connectivity index (χ1v) is 8.04. The molecule has 0 heterocycles. The molecule has 2 N–H and O–H groups in total. The minimum Gasteiger partial charge on any atom is -0.493 e. The Morgan fingerprint density at radius 2 is 1.78 bits per heavy atom. The van der Waals surface area contributed by atoms with Gasteiger partial charge in [-0.15, -0.1) is 0 Å². The number of carbonyl (C=O) groups is 2. The predicted molar refractivity (Wildman–Crippen MR) is 98.6 cm³/mol. The molecule has 0 saturated heterocycles. The third kappa shape index (κ3) is 5.27. The quantitative estimate of drug-likeness (QED) is 0.575. The summed E-state index contributed by atoms with van der Waals surface area (Å²) >= 11 is 0. The largest absolute Gasteiger partial charge is 0.493 e. The lowest BCUT2D eigenvalue weighted by Crippen LogP contribution is -2.35. The van der Waals surface area contributed by atoms with Gasteiger partial charge in [-0.25, -0.2) is 9.82 Å². The van der Waals surface area contributed by atoms with Gasteiger partial charge in [-0.05, 0) is 37.3 Å². The third-order valence-electron chi connectivity index (χ3n) is 3.68. The Balaban J connectivity index is 1.94. The SMILES string of the molecule is COc1ccc(C(C)=NNC(=O)CNC(=O)c2ccccc2F)cc1OC. The van der Waals surface area contributed by atoms with Crippen LogP contribution in [0.2, 0.25) is 0 Å². The molecule has 8 heteroatoms. The fraction of sp³-hybridized carbons (Fsp3) is 0.211. The van der Waals surface area contributed by atoms with Gasteiger partial charge in [0.2, 0.25) is 0 Å². The van der Waals surface area contributed by atoms with Crippen molar-refractivity contribution in [2.24, 2.45) is 5.10 Å². The Kier molecular flexibility index (Phi) is 6.87. The zero-order chi connectivity index (χ0) is 19.8. The van der Waals surface area contributed by atoms with Crippen molar-refractivity contribution in [3.8, 4) is 11.5 Å². The minimum atomic E-state index is -0.677. The number of nitrogens with zero attached hydrogens (tertiary/aromatic N) is 1. The first-order valence-electron chi connectivity index (χ1n) is 8.04. The molecule has 0 spiro atoms. The molecule has 0 bridgehead atoms. The molecule has 0 aromatic heterocycles. The van der Waals surface area contributed by atoms with Gasteiger partial charge in [-0.3, -0.25) is 9.59 Å². The molecule has 0 aliphatic carbocycles. The number of hydrogen-bond donors (Lipinski definition) is 2. The third-order valence-corrected chi connectivity index (χ3v) is 3.68. The lowest BCUT2D eigenvalue weighted by Gasteiger charge is -2.09. The highest BCUT2D eigenvalue weighted by Gasteiger charge is 2.12. The van der Waals surface area contributed by atoms with Gasteiger partial charge in [0.1, 0.15) is 5.82 Å². The van der Waals surface area contributed by atoms with Gasteiger partial charge in [-0.1, -0.05) is 12.1 Å². The zero-order valence-corrected chi connectivity index (χ0v) is 15.2. The van der Waals surface area contributed by atoms with Crippen LogP contribution in [-0.2, 0) is 4.79 Å². The fourth-order valence-electron chi connectivity index (χ4n) is 2.21. The number of hydrogen-bond acceptors (Lipinski definition) is 5. The number of rotatable bonds is 7. The lowest BCUT2D eigenvalue weighted by molar-refractivity contribution is -0.120. The molecule has 0 saturated carbocycles. The van der Waals surface area contributed by atoms with E-state index in [2.05, 4.69) is 15.8 Å². The summed E-state index contributed by atoms with van der Waals surface area (Å²) in [5.74, 6) is -0.761. The van der Waals surface area contributed by atoms with Crippen molar-refractivity contribution >= 4 is 17.5 Å². The summed E-state index contributed by atoms with van der Waals surface area (Å²) in [6, 6.07) is 10.7. The normalized spacial score (nSPS) is 10.9. The molecule has 0 fully saturated rings. The molecule has 0 radical (unpaired) electrons. The Morgan fingerprint density at radius 1 is 1.07 bits per heavy atom. The van der Waals surface area contributed by atoms with Crippen LogP contribution in [0.4, 0.5) is 4.39 Å². The van der Waals surface area contributed by atoms with Gasteiger partial charge in [0, 0.05) is 5.56 Å². The van der Waals surface area contributed by atoms with E-state index >= 15 is 0 Å². The second-order valence-corrected chi connectivity index (χ2v) is 5.46. The summed E-state index contributed by atoms with van der Waals surface area (Å²) in [6.45, 7) is 1.37. The maximum atomic E-state index is 13.5. The second kappa shape index (κ2) is 9.33. The van der Waals surface area contributed by atoms with E-state index in [9.17, 15) is 14.0 Å². The lowest BCUT2D eigenvalue weighted by atomic mass is 10.1. The topological polar surface area (TPSA) is 89.0 Å². The van der Waals surface area contributed by atoms with Crippen LogP contribution in [0.15, 0.2) is 47.6 Å². The summed E-state index contributed by atoms with van der Waals surface area (Å²) in [4.78, 5) is 23.7. The average Bonchev–Trinajstić information content (AvgIpc) is 2.69. The van der Waals surface area contributed by atoms with Gasteiger partial charge in [0.05, 0.1) is 32.0 Å². The number of ether oxygens (including phenoxy) is 2. The number of nitrogens with one attached hydrogen (secondary N) is 2. The first-order chi connectivity index (χ1) is 13.0. The molecule has 2 aromatic carbocycles. The highest BCUT2D eigenvalue weighted by Crippen LogP contribution is 2.27. The fourth-order valence-corrected chi connectivity index (χ4v) is 2.21. The van der Waals surface area contributed by atoms with Crippen molar-refractivity contribution in [1.29, 1.82) is 0 Å². The van der Waals surface area contributed by atoms with Crippen molar-refractivity contribution in [2.45, 2.75) is 6.92 Å². The van der Waals surface area contributed by atoms with Crippen molar-refractivity contribution in [1.82, 2.24) is 10.7 Å². The van der Waals surface area contributed by atoms with Gasteiger partial charge in [0.15, 0.2) is 11.5 Å². The maximum absolute atomic E-state index is 13.5. The molecular weight excluding hydrogens is 353 g/mol. The number of methoxy groups -OCH3 is 2. The van der Waals surface area contributed by atoms with Crippen molar-refractivity contribution in [2.75, 3.05) is 20.8 Å². The Hall–Kier alpha value is -3.42. The molecular formula is C19H20FN3O4. The summed E-state index contributed by atoms with van der Waals surface area (Å²) in [7, 11) is 3.06. The van der Waals surface area contributed by atoms with Gasteiger partial charge in [0.25, 0.3) is 11.8 Å². The van der Waals surface area contributed by atoms with Crippen LogP contribution in [0, 0.1) is 5.82 Å². The molecule has 142 valence electrons. The predicted octanol–water partition coefficient (Wildman–Crippen LogP) is 2.11. The number of carbonyl (C=O) groups excluding carboxylic acids is 2. The van der Waals surface area contributed by atoms with Crippen LogP contribution in [0.5, 0.6) is 11.5 Å². The zero-order valence-electron chi connectivity index (χ0n) is 15.2. The van der Waals surface area contributed by atoms with Crippen LogP contribution in [0.3, 0.4) is 0 Å². The van der Waals surface area contributed by atoms with E-state index in [1.54, 1.807) is 25.1 Å².